The summed E-state index contributed by atoms with van der Waals surface area (Å²) in [5.41, 5.74) is 2.32. The summed E-state index contributed by atoms with van der Waals surface area (Å²) in [6.07, 6.45) is 0.523. The molecule has 5 nitrogen and oxygen atoms in total. The van der Waals surface area contributed by atoms with Crippen LogP contribution in [0.1, 0.15) is 30.0 Å². The van der Waals surface area contributed by atoms with E-state index in [0.29, 0.717) is 13.1 Å². The number of hydrogen-bond donors (Lipinski definition) is 2. The highest BCUT2D eigenvalue weighted by molar-refractivity contribution is 6.07. The molecule has 0 spiro atoms. The van der Waals surface area contributed by atoms with Crippen molar-refractivity contribution >= 4 is 11.9 Å². The molecule has 5 heteroatoms. The molecule has 0 radical (unpaired) electrons. The van der Waals surface area contributed by atoms with E-state index in [1.54, 1.807) is 0 Å². The Morgan fingerprint density at radius 3 is 2.35 bits per heavy atom. The first-order valence-electron chi connectivity index (χ1n) is 9.03. The minimum atomic E-state index is -0.957. The van der Waals surface area contributed by atoms with Gasteiger partial charge in [0, 0.05) is 5.56 Å². The molecule has 0 aromatic heterocycles. The van der Waals surface area contributed by atoms with Crippen molar-refractivity contribution in [2.75, 3.05) is 13.7 Å². The van der Waals surface area contributed by atoms with E-state index in [0.717, 1.165) is 17.0 Å². The van der Waals surface area contributed by atoms with Crippen molar-refractivity contribution < 1.29 is 14.5 Å². The fourth-order valence-corrected chi connectivity index (χ4v) is 3.59. The third kappa shape index (κ3) is 3.22. The highest BCUT2D eigenvalue weighted by atomic mass is 16.2. The van der Waals surface area contributed by atoms with Gasteiger partial charge in [0.1, 0.15) is 12.1 Å². The molecular weight excluding hydrogens is 326 g/mol. The first kappa shape index (κ1) is 18.1. The highest BCUT2D eigenvalue weighted by Crippen LogP contribution is 2.31. The van der Waals surface area contributed by atoms with Crippen LogP contribution < -0.4 is 10.2 Å². The van der Waals surface area contributed by atoms with Crippen molar-refractivity contribution in [3.63, 3.8) is 0 Å². The average molecular weight is 352 g/mol. The average Bonchev–Trinajstić information content (AvgIpc) is 2.89. The van der Waals surface area contributed by atoms with E-state index in [1.165, 1.54) is 16.0 Å². The van der Waals surface area contributed by atoms with Crippen LogP contribution in [0.15, 0.2) is 54.6 Å². The van der Waals surface area contributed by atoms with Crippen molar-refractivity contribution in [3.05, 3.63) is 71.3 Å². The molecule has 1 saturated heterocycles. The second kappa shape index (κ2) is 7.30. The van der Waals surface area contributed by atoms with E-state index in [-0.39, 0.29) is 11.9 Å². The Morgan fingerprint density at radius 1 is 1.04 bits per heavy atom. The van der Waals surface area contributed by atoms with Gasteiger partial charge in [-0.25, -0.2) is 9.69 Å². The zero-order chi connectivity index (χ0) is 18.7. The van der Waals surface area contributed by atoms with E-state index in [2.05, 4.69) is 24.4 Å². The zero-order valence-electron chi connectivity index (χ0n) is 15.6. The predicted molar refractivity (Wildman–Crippen MR) is 100 cm³/mol. The van der Waals surface area contributed by atoms with E-state index in [9.17, 15) is 9.59 Å². The number of rotatable bonds is 6. The van der Waals surface area contributed by atoms with Crippen LogP contribution in [-0.2, 0) is 16.9 Å². The Bertz CT molecular complexity index is 806. The summed E-state index contributed by atoms with van der Waals surface area (Å²) in [4.78, 5) is 28.2. The van der Waals surface area contributed by atoms with Crippen molar-refractivity contribution in [1.82, 2.24) is 10.2 Å². The Morgan fingerprint density at radius 2 is 1.69 bits per heavy atom. The van der Waals surface area contributed by atoms with Crippen LogP contribution in [0.25, 0.3) is 0 Å². The first-order valence-corrected chi connectivity index (χ1v) is 9.03. The van der Waals surface area contributed by atoms with Gasteiger partial charge in [-0.05, 0) is 24.5 Å². The molecule has 1 unspecified atom stereocenters. The molecule has 0 bridgehead atoms. The monoisotopic (exact) mass is 352 g/mol. The molecule has 2 atom stereocenters. The Hall–Kier alpha value is -2.66. The summed E-state index contributed by atoms with van der Waals surface area (Å²) in [6, 6.07) is 17.4. The lowest BCUT2D eigenvalue weighted by Crippen LogP contribution is -3.09. The molecule has 1 aliphatic rings. The van der Waals surface area contributed by atoms with Gasteiger partial charge >= 0.3 is 6.03 Å². The van der Waals surface area contributed by atoms with Crippen molar-refractivity contribution in [2.24, 2.45) is 0 Å². The summed E-state index contributed by atoms with van der Waals surface area (Å²) in [6.45, 7) is 5.11. The summed E-state index contributed by atoms with van der Waals surface area (Å²) in [7, 11) is 2.00. The van der Waals surface area contributed by atoms with Crippen molar-refractivity contribution in [2.45, 2.75) is 32.4 Å². The predicted octanol–water partition coefficient (Wildman–Crippen LogP) is 1.82. The Kier molecular flexibility index (Phi) is 5.09. The Balaban J connectivity index is 1.78. The van der Waals surface area contributed by atoms with Crippen molar-refractivity contribution in [3.8, 4) is 0 Å². The van der Waals surface area contributed by atoms with E-state index >= 15 is 0 Å². The van der Waals surface area contributed by atoms with Gasteiger partial charge in [-0.3, -0.25) is 4.79 Å². The fraction of sp³-hybridized carbons (Fsp3) is 0.333. The summed E-state index contributed by atoms with van der Waals surface area (Å²) in [5, 5.41) is 2.94. The maximum atomic E-state index is 13.2. The van der Waals surface area contributed by atoms with E-state index in [1.807, 2.05) is 56.4 Å². The molecule has 3 amide bonds. The summed E-state index contributed by atoms with van der Waals surface area (Å²) >= 11 is 0. The van der Waals surface area contributed by atoms with Crippen molar-refractivity contribution in [1.29, 1.82) is 0 Å². The number of carbonyl (C=O) groups is 2. The van der Waals surface area contributed by atoms with Gasteiger partial charge in [0.05, 0.1) is 7.05 Å². The van der Waals surface area contributed by atoms with Gasteiger partial charge in [-0.1, -0.05) is 61.5 Å². The standard InChI is InChI=1S/C21H25N3O2/c1-4-21(18-12-6-5-7-13-18)19(25)24(20(26)22-21)15-23(3)14-17-11-9-8-10-16(17)2/h5-13H,4,14-15H2,1-3H3,(H,22,26)/p+1/t21-/m0/s1. The van der Waals surface area contributed by atoms with Crippen LogP contribution in [0, 0.1) is 6.92 Å². The molecule has 26 heavy (non-hydrogen) atoms. The molecule has 0 aliphatic carbocycles. The maximum Gasteiger partial charge on any atom is 0.329 e. The smallest absolute Gasteiger partial charge is 0.319 e. The quantitative estimate of drug-likeness (QED) is 0.780. The molecule has 0 saturated carbocycles. The molecule has 1 aliphatic heterocycles. The topological polar surface area (TPSA) is 53.9 Å². The molecule has 136 valence electrons. The van der Waals surface area contributed by atoms with E-state index < -0.39 is 5.54 Å². The second-order valence-corrected chi connectivity index (χ2v) is 7.01. The van der Waals surface area contributed by atoms with Gasteiger partial charge in [-0.2, -0.15) is 0 Å². The van der Waals surface area contributed by atoms with Gasteiger partial charge in [-0.15, -0.1) is 0 Å². The molecule has 3 rings (SSSR count). The number of imide groups is 1. The Labute approximate surface area is 154 Å². The number of carbonyl (C=O) groups excluding carboxylic acids is 2. The van der Waals surface area contributed by atoms with Gasteiger partial charge < -0.3 is 10.2 Å². The maximum absolute atomic E-state index is 13.2. The highest BCUT2D eigenvalue weighted by Gasteiger charge is 2.52. The largest absolute Gasteiger partial charge is 0.329 e. The number of aryl methyl sites for hydroxylation is 1. The van der Waals surface area contributed by atoms with Crippen LogP contribution in [0.3, 0.4) is 0 Å². The minimum Gasteiger partial charge on any atom is -0.319 e. The zero-order valence-corrected chi connectivity index (χ0v) is 15.6. The molecule has 2 aromatic rings. The lowest BCUT2D eigenvalue weighted by Gasteiger charge is -2.26. The lowest BCUT2D eigenvalue weighted by atomic mass is 9.87. The number of benzene rings is 2. The summed E-state index contributed by atoms with van der Waals surface area (Å²) in [5.74, 6) is -0.166. The van der Waals surface area contributed by atoms with Crippen LogP contribution in [0.5, 0.6) is 0 Å². The number of urea groups is 1. The number of hydrogen-bond acceptors (Lipinski definition) is 2. The third-order valence-electron chi connectivity index (χ3n) is 5.15. The molecule has 1 fully saturated rings. The minimum absolute atomic E-state index is 0.166. The normalized spacial score (nSPS) is 21.0. The number of amides is 3. The number of nitrogens with zero attached hydrogens (tertiary/aromatic N) is 1. The molecular formula is C21H26N3O2+. The molecule has 1 heterocycles. The first-order chi connectivity index (χ1) is 12.5. The van der Waals surface area contributed by atoms with Gasteiger partial charge in [0.25, 0.3) is 5.91 Å². The number of nitrogens with one attached hydrogen (secondary N) is 2. The van der Waals surface area contributed by atoms with Crippen LogP contribution >= 0.6 is 0 Å². The summed E-state index contributed by atoms with van der Waals surface area (Å²) < 4.78 is 0. The third-order valence-corrected chi connectivity index (χ3v) is 5.15. The lowest BCUT2D eigenvalue weighted by molar-refractivity contribution is -0.901. The van der Waals surface area contributed by atoms with Crippen LogP contribution in [-0.4, -0.2) is 30.6 Å². The molecule has 2 N–H and O–H groups in total. The second-order valence-electron chi connectivity index (χ2n) is 7.01. The van der Waals surface area contributed by atoms with Crippen LogP contribution in [0.2, 0.25) is 0 Å². The SMILES string of the molecule is CC[C@@]1(c2ccccc2)NC(=O)N(C[NH+](C)Cc2ccccc2C)C1=O. The molecule has 2 aromatic carbocycles. The number of quaternary nitrogens is 1. The van der Waals surface area contributed by atoms with Gasteiger partial charge in [0.2, 0.25) is 0 Å². The van der Waals surface area contributed by atoms with Crippen LogP contribution in [0.4, 0.5) is 4.79 Å². The fourth-order valence-electron chi connectivity index (χ4n) is 3.59. The van der Waals surface area contributed by atoms with E-state index in [4.69, 9.17) is 0 Å². The van der Waals surface area contributed by atoms with Gasteiger partial charge in [0.15, 0.2) is 6.67 Å².